The molecule has 0 N–H and O–H groups in total. The first-order valence-corrected chi connectivity index (χ1v) is 9.09. The fraction of sp³-hybridized carbons (Fsp3) is 0.824. The third kappa shape index (κ3) is 17.2. The third-order valence-corrected chi connectivity index (χ3v) is 3.27. The van der Waals surface area contributed by atoms with E-state index in [1.54, 1.807) is 34.9 Å². The Morgan fingerprint density at radius 2 is 1.20 bits per heavy atom. The number of rotatable bonds is 3. The first kappa shape index (κ1) is 25.8. The molecular weight excluding hydrogens is 344 g/mol. The minimum Gasteiger partial charge on any atom is -0.444 e. The molecule has 2 amide bonds. The van der Waals surface area contributed by atoms with Crippen LogP contribution in [0, 0.1) is 0 Å². The highest BCUT2D eigenvalue weighted by Crippen LogP contribution is 2.11. The molecule has 0 atom stereocenters. The van der Waals surface area contributed by atoms with Gasteiger partial charge >= 0.3 is 12.2 Å². The van der Waals surface area contributed by atoms with Gasteiger partial charge in [0, 0.05) is 27.6 Å². The fourth-order valence-electron chi connectivity index (χ4n) is 1.05. The smallest absolute Gasteiger partial charge is 0.410 e. The Labute approximate surface area is 156 Å². The Morgan fingerprint density at radius 1 is 0.840 bits per heavy atom. The molecule has 0 heterocycles. The van der Waals surface area contributed by atoms with Gasteiger partial charge in [0.25, 0.3) is 0 Å². The van der Waals surface area contributed by atoms with Gasteiger partial charge in [-0.15, -0.1) is 0 Å². The summed E-state index contributed by atoms with van der Waals surface area (Å²) in [4.78, 5) is 36.0. The van der Waals surface area contributed by atoms with E-state index >= 15 is 0 Å². The van der Waals surface area contributed by atoms with E-state index in [0.29, 0.717) is 12.4 Å². The molecule has 0 fully saturated rings. The Morgan fingerprint density at radius 3 is 1.48 bits per heavy atom. The standard InChI is InChI=1S/C9H17NO3S.C8H17NO2/c1-7(11)14-6-10(5)8(12)13-9(2,3)4;1-6-9(5)7(10)11-8(2,3)4/h6H2,1-5H3;6H2,1-5H3. The maximum Gasteiger partial charge on any atom is 0.410 e. The Bertz CT molecular complexity index is 441. The summed E-state index contributed by atoms with van der Waals surface area (Å²) in [7, 11) is 3.32. The number of carbonyl (C=O) groups excluding carboxylic acids is 3. The number of amides is 2. The molecule has 0 saturated heterocycles. The molecule has 0 spiro atoms. The number of carbonyl (C=O) groups is 3. The van der Waals surface area contributed by atoms with Crippen LogP contribution in [-0.2, 0) is 14.3 Å². The second-order valence-electron chi connectivity index (χ2n) is 7.44. The molecule has 7 nitrogen and oxygen atoms in total. The van der Waals surface area contributed by atoms with Crippen LogP contribution in [0.1, 0.15) is 55.4 Å². The zero-order valence-electron chi connectivity index (χ0n) is 17.3. The predicted octanol–water partition coefficient (Wildman–Crippen LogP) is 3.96. The molecule has 0 unspecified atom stereocenters. The lowest BCUT2D eigenvalue weighted by Crippen LogP contribution is -2.34. The van der Waals surface area contributed by atoms with Crippen LogP contribution >= 0.6 is 11.8 Å². The monoisotopic (exact) mass is 378 g/mol. The molecule has 148 valence electrons. The molecule has 0 aromatic heterocycles. The van der Waals surface area contributed by atoms with Gasteiger partial charge in [-0.1, -0.05) is 11.8 Å². The lowest BCUT2D eigenvalue weighted by atomic mass is 10.2. The van der Waals surface area contributed by atoms with Crippen LogP contribution < -0.4 is 0 Å². The largest absolute Gasteiger partial charge is 0.444 e. The van der Waals surface area contributed by atoms with Gasteiger partial charge in [0.05, 0.1) is 5.88 Å². The molecule has 8 heteroatoms. The van der Waals surface area contributed by atoms with Crippen LogP contribution in [0.15, 0.2) is 0 Å². The maximum atomic E-state index is 11.4. The van der Waals surface area contributed by atoms with Gasteiger partial charge in [0.1, 0.15) is 11.2 Å². The van der Waals surface area contributed by atoms with E-state index in [2.05, 4.69) is 0 Å². The summed E-state index contributed by atoms with van der Waals surface area (Å²) in [6.07, 6.45) is -0.675. The summed E-state index contributed by atoms with van der Waals surface area (Å²) in [5, 5.41) is -0.0135. The van der Waals surface area contributed by atoms with E-state index < -0.39 is 11.7 Å². The average molecular weight is 379 g/mol. The number of nitrogens with zero attached hydrogens (tertiary/aromatic N) is 2. The summed E-state index contributed by atoms with van der Waals surface area (Å²) >= 11 is 1.08. The van der Waals surface area contributed by atoms with E-state index in [-0.39, 0.29) is 16.8 Å². The van der Waals surface area contributed by atoms with Crippen molar-refractivity contribution >= 4 is 29.1 Å². The average Bonchev–Trinajstić information content (AvgIpc) is 2.40. The quantitative estimate of drug-likeness (QED) is 0.692. The van der Waals surface area contributed by atoms with E-state index in [0.717, 1.165) is 11.8 Å². The van der Waals surface area contributed by atoms with Crippen molar-refractivity contribution in [3.63, 3.8) is 0 Å². The zero-order chi connectivity index (χ0) is 20.4. The number of hydrogen-bond acceptors (Lipinski definition) is 6. The Kier molecular flexibility index (Phi) is 11.6. The van der Waals surface area contributed by atoms with Gasteiger partial charge in [-0.05, 0) is 48.5 Å². The van der Waals surface area contributed by atoms with E-state index in [1.807, 2.05) is 27.7 Å². The molecule has 0 aliphatic carbocycles. The summed E-state index contributed by atoms with van der Waals surface area (Å²) in [5.74, 6) is 0.324. The minimum atomic E-state index is -0.494. The van der Waals surface area contributed by atoms with Gasteiger partial charge in [-0.3, -0.25) is 4.79 Å². The van der Waals surface area contributed by atoms with Gasteiger partial charge < -0.3 is 19.3 Å². The van der Waals surface area contributed by atoms with Crippen LogP contribution in [0.5, 0.6) is 0 Å². The second-order valence-corrected chi connectivity index (χ2v) is 8.56. The molecule has 0 aliphatic heterocycles. The van der Waals surface area contributed by atoms with Crippen LogP contribution in [0.2, 0.25) is 0 Å². The first-order chi connectivity index (χ1) is 11.1. The first-order valence-electron chi connectivity index (χ1n) is 8.10. The van der Waals surface area contributed by atoms with E-state index in [1.165, 1.54) is 16.7 Å². The van der Waals surface area contributed by atoms with Crippen LogP contribution in [0.25, 0.3) is 0 Å². The van der Waals surface area contributed by atoms with Crippen molar-refractivity contribution < 1.29 is 23.9 Å². The molecule has 0 bridgehead atoms. The van der Waals surface area contributed by atoms with Gasteiger partial charge in [-0.2, -0.15) is 0 Å². The van der Waals surface area contributed by atoms with Crippen molar-refractivity contribution in [3.8, 4) is 0 Å². The van der Waals surface area contributed by atoms with Crippen molar-refractivity contribution in [1.82, 2.24) is 9.80 Å². The molecule has 0 radical (unpaired) electrons. The number of ether oxygens (including phenoxy) is 2. The highest BCUT2D eigenvalue weighted by Gasteiger charge is 2.19. The molecule has 0 aliphatic rings. The highest BCUT2D eigenvalue weighted by atomic mass is 32.2. The fourth-order valence-corrected chi connectivity index (χ4v) is 1.53. The van der Waals surface area contributed by atoms with E-state index in [9.17, 15) is 14.4 Å². The predicted molar refractivity (Wildman–Crippen MR) is 102 cm³/mol. The normalized spacial score (nSPS) is 11.0. The van der Waals surface area contributed by atoms with Crippen molar-refractivity contribution in [3.05, 3.63) is 0 Å². The van der Waals surface area contributed by atoms with Gasteiger partial charge in [-0.25, -0.2) is 9.59 Å². The summed E-state index contributed by atoms with van der Waals surface area (Å²) in [6.45, 7) is 15.0. The summed E-state index contributed by atoms with van der Waals surface area (Å²) < 4.78 is 10.2. The topological polar surface area (TPSA) is 76.2 Å². The Hall–Kier alpha value is -1.44. The zero-order valence-corrected chi connectivity index (χ0v) is 18.1. The van der Waals surface area contributed by atoms with Crippen molar-refractivity contribution in [2.75, 3.05) is 26.5 Å². The van der Waals surface area contributed by atoms with Crippen molar-refractivity contribution in [2.24, 2.45) is 0 Å². The molecule has 0 rings (SSSR count). The lowest BCUT2D eigenvalue weighted by Gasteiger charge is -2.24. The molecular formula is C17H34N2O5S. The minimum absolute atomic E-state index is 0.0135. The van der Waals surface area contributed by atoms with Gasteiger partial charge in [0.15, 0.2) is 5.12 Å². The second kappa shape index (κ2) is 11.2. The molecule has 0 saturated carbocycles. The number of hydrogen-bond donors (Lipinski definition) is 0. The summed E-state index contributed by atoms with van der Waals surface area (Å²) in [6, 6.07) is 0. The van der Waals surface area contributed by atoms with E-state index in [4.69, 9.17) is 9.47 Å². The lowest BCUT2D eigenvalue weighted by molar-refractivity contribution is -0.109. The Balaban J connectivity index is 0. The highest BCUT2D eigenvalue weighted by molar-refractivity contribution is 8.13. The SMILES string of the molecule is CC(=O)SCN(C)C(=O)OC(C)(C)C.CCN(C)C(=O)OC(C)(C)C. The number of thioether (sulfide) groups is 1. The van der Waals surface area contributed by atoms with Crippen LogP contribution in [0.3, 0.4) is 0 Å². The van der Waals surface area contributed by atoms with Crippen LogP contribution in [-0.4, -0.2) is 64.8 Å². The van der Waals surface area contributed by atoms with Crippen LogP contribution in [0.4, 0.5) is 9.59 Å². The molecule has 0 aromatic rings. The molecule has 0 aromatic carbocycles. The van der Waals surface area contributed by atoms with Crippen molar-refractivity contribution in [1.29, 1.82) is 0 Å². The van der Waals surface area contributed by atoms with Gasteiger partial charge in [0.2, 0.25) is 0 Å². The third-order valence-electron chi connectivity index (χ3n) is 2.35. The summed E-state index contributed by atoms with van der Waals surface area (Å²) in [5.41, 5.74) is -0.882. The maximum absolute atomic E-state index is 11.4. The molecule has 25 heavy (non-hydrogen) atoms. The van der Waals surface area contributed by atoms with Crippen molar-refractivity contribution in [2.45, 2.75) is 66.6 Å².